The Kier molecular flexibility index (Phi) is 5.22. The molecule has 0 aliphatic rings. The van der Waals surface area contributed by atoms with E-state index in [4.69, 9.17) is 4.74 Å². The number of rotatable bonds is 5. The average molecular weight is 379 g/mol. The van der Waals surface area contributed by atoms with Crippen LogP contribution in [0.15, 0.2) is 53.9 Å². The van der Waals surface area contributed by atoms with Gasteiger partial charge in [0.2, 0.25) is 0 Å². The van der Waals surface area contributed by atoms with E-state index < -0.39 is 11.9 Å². The van der Waals surface area contributed by atoms with Crippen LogP contribution < -0.4 is 4.74 Å². The normalized spacial score (nSPS) is 11.6. The van der Waals surface area contributed by atoms with Gasteiger partial charge in [-0.15, -0.1) is 0 Å². The minimum absolute atomic E-state index is 0.0951. The number of methoxy groups -OCH3 is 1. The fraction of sp³-hybridized carbons (Fsp3) is 0.222. The first kappa shape index (κ1) is 18.3. The smallest absolute Gasteiger partial charge is 0.433 e. The van der Waals surface area contributed by atoms with Crippen LogP contribution in [0.1, 0.15) is 11.3 Å². The van der Waals surface area contributed by atoms with E-state index in [2.05, 4.69) is 9.97 Å². The summed E-state index contributed by atoms with van der Waals surface area (Å²) < 4.78 is 46.1. The molecule has 0 fully saturated rings. The molecule has 0 N–H and O–H groups in total. The highest BCUT2D eigenvalue weighted by atomic mass is 32.2. The van der Waals surface area contributed by atoms with Crippen LogP contribution in [0.5, 0.6) is 5.75 Å². The first-order valence-electron chi connectivity index (χ1n) is 7.68. The zero-order valence-electron chi connectivity index (χ0n) is 14.1. The Bertz CT molecular complexity index is 891. The summed E-state index contributed by atoms with van der Waals surface area (Å²) in [7, 11) is 1.60. The summed E-state index contributed by atoms with van der Waals surface area (Å²) in [5.41, 5.74) is 0.984. The molecule has 3 aromatic rings. The fourth-order valence-electron chi connectivity index (χ4n) is 2.44. The van der Waals surface area contributed by atoms with Gasteiger partial charge in [-0.1, -0.05) is 23.9 Å². The number of halogens is 3. The van der Waals surface area contributed by atoms with Crippen molar-refractivity contribution in [2.24, 2.45) is 0 Å². The topological polar surface area (TPSA) is 39.9 Å². The summed E-state index contributed by atoms with van der Waals surface area (Å²) >= 11 is 1.08. The van der Waals surface area contributed by atoms with Gasteiger partial charge in [-0.25, -0.2) is 9.97 Å². The van der Waals surface area contributed by atoms with E-state index in [0.717, 1.165) is 29.1 Å². The second-order valence-corrected chi connectivity index (χ2v) is 6.32. The van der Waals surface area contributed by atoms with Crippen molar-refractivity contribution in [2.45, 2.75) is 17.9 Å². The molecule has 136 valence electrons. The molecule has 2 aromatic heterocycles. The summed E-state index contributed by atoms with van der Waals surface area (Å²) in [4.78, 5) is 7.75. The van der Waals surface area contributed by atoms with Crippen LogP contribution in [0, 0.1) is 0 Å². The number of hydrogen-bond donors (Lipinski definition) is 0. The van der Waals surface area contributed by atoms with Crippen LogP contribution in [0.4, 0.5) is 13.2 Å². The molecular formula is C18H16F3N3OS. The van der Waals surface area contributed by atoms with E-state index in [1.54, 1.807) is 25.6 Å². The predicted molar refractivity (Wildman–Crippen MR) is 94.3 cm³/mol. The van der Waals surface area contributed by atoms with Crippen molar-refractivity contribution in [1.82, 2.24) is 14.5 Å². The van der Waals surface area contributed by atoms with Gasteiger partial charge in [-0.2, -0.15) is 13.2 Å². The quantitative estimate of drug-likeness (QED) is 0.474. The van der Waals surface area contributed by atoms with Crippen molar-refractivity contribution >= 4 is 11.8 Å². The summed E-state index contributed by atoms with van der Waals surface area (Å²) in [6.45, 7) is 0.594. The number of hydrogen-bond acceptors (Lipinski definition) is 4. The third-order valence-corrected chi connectivity index (χ3v) is 4.30. The molecule has 0 aliphatic carbocycles. The van der Waals surface area contributed by atoms with Gasteiger partial charge in [0.25, 0.3) is 0 Å². The summed E-state index contributed by atoms with van der Waals surface area (Å²) in [6, 6.07) is 10.3. The van der Waals surface area contributed by atoms with Gasteiger partial charge in [0.05, 0.1) is 12.8 Å². The highest BCUT2D eigenvalue weighted by molar-refractivity contribution is 7.98. The van der Waals surface area contributed by atoms with E-state index in [9.17, 15) is 13.2 Å². The zero-order valence-corrected chi connectivity index (χ0v) is 14.9. The van der Waals surface area contributed by atoms with E-state index in [-0.39, 0.29) is 10.9 Å². The second kappa shape index (κ2) is 7.41. The molecule has 1 aromatic carbocycles. The van der Waals surface area contributed by atoms with Crippen LogP contribution in [-0.2, 0) is 12.7 Å². The average Bonchev–Trinajstić information content (AvgIpc) is 3.10. The molecule has 26 heavy (non-hydrogen) atoms. The Hall–Kier alpha value is -2.48. The van der Waals surface area contributed by atoms with Crippen molar-refractivity contribution in [2.75, 3.05) is 13.4 Å². The molecule has 0 aliphatic heterocycles. The minimum Gasteiger partial charge on any atom is -0.497 e. The molecule has 0 saturated carbocycles. The van der Waals surface area contributed by atoms with Gasteiger partial charge in [0.1, 0.15) is 11.4 Å². The number of benzene rings is 1. The molecule has 0 unspecified atom stereocenters. The summed E-state index contributed by atoms with van der Waals surface area (Å²) in [6.07, 6.45) is 0.729. The molecule has 0 atom stereocenters. The number of thioether (sulfide) groups is 1. The third-order valence-electron chi connectivity index (χ3n) is 3.75. The largest absolute Gasteiger partial charge is 0.497 e. The summed E-state index contributed by atoms with van der Waals surface area (Å²) in [5.74, 6) is 0.771. The first-order chi connectivity index (χ1) is 12.4. The maximum Gasteiger partial charge on any atom is 0.433 e. The first-order valence-corrected chi connectivity index (χ1v) is 8.91. The van der Waals surface area contributed by atoms with Gasteiger partial charge in [-0.3, -0.25) is 0 Å². The maximum absolute atomic E-state index is 13.0. The monoisotopic (exact) mass is 379 g/mol. The molecule has 0 saturated heterocycles. The number of nitrogens with zero attached hydrogens (tertiary/aromatic N) is 3. The Labute approximate surface area is 153 Å². The van der Waals surface area contributed by atoms with Gasteiger partial charge in [0, 0.05) is 24.5 Å². The van der Waals surface area contributed by atoms with Crippen LogP contribution >= 0.6 is 11.8 Å². The van der Waals surface area contributed by atoms with Crippen molar-refractivity contribution in [3.05, 3.63) is 60.0 Å². The predicted octanol–water partition coefficient (Wildman–Crippen LogP) is 4.74. The molecular weight excluding hydrogens is 363 g/mol. The minimum atomic E-state index is -4.51. The zero-order chi connectivity index (χ0) is 18.7. The molecule has 8 heteroatoms. The SMILES string of the molecule is COc1ccc(Cn2ccc(-c3cc(C(F)(F)F)nc(SC)n3)c2)cc1. The second-order valence-electron chi connectivity index (χ2n) is 5.54. The van der Waals surface area contributed by atoms with Crippen LogP contribution in [0.3, 0.4) is 0 Å². The van der Waals surface area contributed by atoms with Crippen molar-refractivity contribution in [3.63, 3.8) is 0 Å². The Balaban J connectivity index is 1.87. The highest BCUT2D eigenvalue weighted by Crippen LogP contribution is 2.31. The Morgan fingerprint density at radius 2 is 1.85 bits per heavy atom. The van der Waals surface area contributed by atoms with E-state index >= 15 is 0 Å². The van der Waals surface area contributed by atoms with Crippen molar-refractivity contribution in [3.8, 4) is 17.0 Å². The molecule has 0 bridgehead atoms. The van der Waals surface area contributed by atoms with E-state index in [1.165, 1.54) is 0 Å². The lowest BCUT2D eigenvalue weighted by Crippen LogP contribution is -2.09. The van der Waals surface area contributed by atoms with Crippen LogP contribution in [-0.4, -0.2) is 27.9 Å². The van der Waals surface area contributed by atoms with Crippen LogP contribution in [0.25, 0.3) is 11.3 Å². The highest BCUT2D eigenvalue weighted by Gasteiger charge is 2.33. The van der Waals surface area contributed by atoms with Crippen molar-refractivity contribution < 1.29 is 17.9 Å². The fourth-order valence-corrected chi connectivity index (χ4v) is 2.82. The number of aromatic nitrogens is 3. The number of alkyl halides is 3. The van der Waals surface area contributed by atoms with Gasteiger partial charge >= 0.3 is 6.18 Å². The lowest BCUT2D eigenvalue weighted by atomic mass is 10.2. The molecule has 2 heterocycles. The third kappa shape index (κ3) is 4.19. The number of ether oxygens (including phenoxy) is 1. The van der Waals surface area contributed by atoms with E-state index in [0.29, 0.717) is 12.1 Å². The standard InChI is InChI=1S/C18H16F3N3OS/c1-25-14-5-3-12(4-6-14)10-24-8-7-13(11-24)15-9-16(18(19,20)21)23-17(22-15)26-2/h3-9,11H,10H2,1-2H3. The Morgan fingerprint density at radius 3 is 2.46 bits per heavy atom. The lowest BCUT2D eigenvalue weighted by molar-refractivity contribution is -0.141. The Morgan fingerprint density at radius 1 is 1.12 bits per heavy atom. The van der Waals surface area contributed by atoms with Crippen molar-refractivity contribution in [1.29, 1.82) is 0 Å². The lowest BCUT2D eigenvalue weighted by Gasteiger charge is -2.09. The van der Waals surface area contributed by atoms with E-state index in [1.807, 2.05) is 35.0 Å². The summed E-state index contributed by atoms with van der Waals surface area (Å²) in [5, 5.41) is 0.0951. The van der Waals surface area contributed by atoms with Gasteiger partial charge in [-0.05, 0) is 36.1 Å². The van der Waals surface area contributed by atoms with Gasteiger partial charge < -0.3 is 9.30 Å². The van der Waals surface area contributed by atoms with Gasteiger partial charge in [0.15, 0.2) is 5.16 Å². The molecule has 0 radical (unpaired) electrons. The van der Waals surface area contributed by atoms with Crippen LogP contribution in [0.2, 0.25) is 0 Å². The molecule has 0 spiro atoms. The molecule has 4 nitrogen and oxygen atoms in total. The maximum atomic E-state index is 13.0. The molecule has 0 amide bonds. The molecule has 3 rings (SSSR count).